The molecule has 0 heterocycles. The van der Waals surface area contributed by atoms with E-state index in [0.717, 1.165) is 5.01 Å². The van der Waals surface area contributed by atoms with Crippen LogP contribution in [0.4, 0.5) is 16.2 Å². The monoisotopic (exact) mass is 215 g/mol. The van der Waals surface area contributed by atoms with E-state index in [-0.39, 0.29) is 0 Å². The molecular formula is C7H10ClN5O. The van der Waals surface area contributed by atoms with Gasteiger partial charge in [-0.1, -0.05) is 11.6 Å². The lowest BCUT2D eigenvalue weighted by Gasteiger charge is -2.17. The van der Waals surface area contributed by atoms with Crippen LogP contribution >= 0.6 is 11.6 Å². The van der Waals surface area contributed by atoms with E-state index < -0.39 is 6.03 Å². The Morgan fingerprint density at radius 1 is 1.50 bits per heavy atom. The molecule has 1 rings (SSSR count). The normalized spacial score (nSPS) is 9.64. The molecule has 0 spiro atoms. The molecule has 0 aliphatic rings. The molecule has 76 valence electrons. The van der Waals surface area contributed by atoms with E-state index >= 15 is 0 Å². The number of nitrogens with two attached hydrogens (primary N) is 3. The van der Waals surface area contributed by atoms with Crippen LogP contribution in [0.2, 0.25) is 5.02 Å². The predicted octanol–water partition coefficient (Wildman–Crippen LogP) is 0.186. The summed E-state index contributed by atoms with van der Waals surface area (Å²) in [4.78, 5) is 11.0. The first-order valence-electron chi connectivity index (χ1n) is 3.66. The average Bonchev–Trinajstić information content (AvgIpc) is 2.19. The summed E-state index contributed by atoms with van der Waals surface area (Å²) in [6, 6.07) is 3.92. The Kier molecular flexibility index (Phi) is 3.13. The maximum Gasteiger partial charge on any atom is 0.350 e. The summed E-state index contributed by atoms with van der Waals surface area (Å²) in [6.45, 7) is 0. The van der Waals surface area contributed by atoms with Crippen molar-refractivity contribution in [2.45, 2.75) is 0 Å². The molecule has 1 aromatic rings. The molecule has 7 heteroatoms. The molecule has 0 atom stereocenters. The lowest BCUT2D eigenvalue weighted by molar-refractivity contribution is 0.246. The summed E-state index contributed by atoms with van der Waals surface area (Å²) in [5.41, 5.74) is 8.08. The summed E-state index contributed by atoms with van der Waals surface area (Å²) in [5, 5.41) is 1.20. The zero-order valence-corrected chi connectivity index (χ0v) is 7.95. The zero-order chi connectivity index (χ0) is 10.7. The number of carbonyl (C=O) groups is 1. The molecule has 0 aliphatic heterocycles. The van der Waals surface area contributed by atoms with Crippen molar-refractivity contribution in [1.29, 1.82) is 0 Å². The van der Waals surface area contributed by atoms with Crippen LogP contribution in [0.5, 0.6) is 0 Å². The van der Waals surface area contributed by atoms with Crippen molar-refractivity contribution < 1.29 is 4.79 Å². The van der Waals surface area contributed by atoms with Gasteiger partial charge in [-0.3, -0.25) is 5.43 Å². The van der Waals surface area contributed by atoms with Gasteiger partial charge in [0.2, 0.25) is 0 Å². The number of carbonyl (C=O) groups excluding carboxylic acids is 1. The lowest BCUT2D eigenvalue weighted by Crippen LogP contribution is -2.47. The van der Waals surface area contributed by atoms with E-state index in [4.69, 9.17) is 29.0 Å². The maximum absolute atomic E-state index is 11.0. The Morgan fingerprint density at radius 3 is 2.71 bits per heavy atom. The smallest absolute Gasteiger partial charge is 0.350 e. The zero-order valence-electron chi connectivity index (χ0n) is 7.20. The van der Waals surface area contributed by atoms with E-state index in [9.17, 15) is 4.79 Å². The van der Waals surface area contributed by atoms with Crippen molar-refractivity contribution >= 4 is 29.0 Å². The highest BCUT2D eigenvalue weighted by Gasteiger charge is 2.12. The maximum atomic E-state index is 11.0. The molecule has 7 N–H and O–H groups in total. The highest BCUT2D eigenvalue weighted by atomic mass is 35.5. The van der Waals surface area contributed by atoms with Gasteiger partial charge in [0.05, 0.1) is 11.4 Å². The molecular weight excluding hydrogens is 206 g/mol. The molecule has 0 unspecified atom stereocenters. The molecule has 0 fully saturated rings. The minimum Gasteiger partial charge on any atom is -0.397 e. The average molecular weight is 216 g/mol. The standard InChI is InChI=1S/C7H10ClN5O/c8-4-1-2-5(9)6(3-4)13(11)7(14)12-10/h1-3H,9-11H2,(H,12,14). The third kappa shape index (κ3) is 2.05. The number of hydrogen-bond donors (Lipinski definition) is 4. The quantitative estimate of drug-likeness (QED) is 0.232. The van der Waals surface area contributed by atoms with Gasteiger partial charge in [0, 0.05) is 5.02 Å². The highest BCUT2D eigenvalue weighted by molar-refractivity contribution is 6.31. The minimum absolute atomic E-state index is 0.292. The summed E-state index contributed by atoms with van der Waals surface area (Å²) < 4.78 is 0. The molecule has 0 saturated carbocycles. The number of nitrogens with zero attached hydrogens (tertiary/aromatic N) is 1. The second-order valence-electron chi connectivity index (χ2n) is 2.52. The van der Waals surface area contributed by atoms with Gasteiger partial charge >= 0.3 is 6.03 Å². The number of nitrogens with one attached hydrogen (secondary N) is 1. The first kappa shape index (κ1) is 10.6. The van der Waals surface area contributed by atoms with Gasteiger partial charge in [-0.15, -0.1) is 0 Å². The van der Waals surface area contributed by atoms with E-state index in [1.807, 2.05) is 5.43 Å². The van der Waals surface area contributed by atoms with Crippen molar-refractivity contribution in [2.75, 3.05) is 10.7 Å². The van der Waals surface area contributed by atoms with Crippen molar-refractivity contribution in [1.82, 2.24) is 5.43 Å². The molecule has 1 aromatic carbocycles. The van der Waals surface area contributed by atoms with E-state index in [1.54, 1.807) is 12.1 Å². The Bertz CT molecular complexity index is 356. The number of halogens is 1. The van der Waals surface area contributed by atoms with Gasteiger partial charge in [-0.25, -0.2) is 21.5 Å². The van der Waals surface area contributed by atoms with Crippen LogP contribution in [-0.2, 0) is 0 Å². The molecule has 2 amide bonds. The van der Waals surface area contributed by atoms with Crippen LogP contribution in [-0.4, -0.2) is 6.03 Å². The van der Waals surface area contributed by atoms with Crippen LogP contribution < -0.4 is 27.9 Å². The number of anilines is 2. The van der Waals surface area contributed by atoms with Crippen LogP contribution in [0.15, 0.2) is 18.2 Å². The van der Waals surface area contributed by atoms with Gasteiger partial charge in [-0.05, 0) is 18.2 Å². The number of nitrogen functional groups attached to an aromatic ring is 1. The summed E-state index contributed by atoms with van der Waals surface area (Å²) >= 11 is 5.71. The number of rotatable bonds is 1. The molecule has 0 radical (unpaired) electrons. The molecule has 0 saturated heterocycles. The molecule has 6 nitrogen and oxygen atoms in total. The fourth-order valence-corrected chi connectivity index (χ4v) is 1.07. The Hall–Kier alpha value is -1.50. The van der Waals surface area contributed by atoms with Gasteiger partial charge in [0.15, 0.2) is 0 Å². The molecule has 0 aromatic heterocycles. The largest absolute Gasteiger partial charge is 0.397 e. The third-order valence-corrected chi connectivity index (χ3v) is 1.83. The number of hydrogen-bond acceptors (Lipinski definition) is 4. The van der Waals surface area contributed by atoms with Crippen molar-refractivity contribution in [3.05, 3.63) is 23.2 Å². The molecule has 0 bridgehead atoms. The fourth-order valence-electron chi connectivity index (χ4n) is 0.904. The Morgan fingerprint density at radius 2 is 2.14 bits per heavy atom. The van der Waals surface area contributed by atoms with E-state index in [0.29, 0.717) is 16.4 Å². The number of amides is 2. The van der Waals surface area contributed by atoms with Crippen LogP contribution in [0.1, 0.15) is 0 Å². The van der Waals surface area contributed by atoms with Gasteiger partial charge in [0.1, 0.15) is 0 Å². The molecule has 14 heavy (non-hydrogen) atoms. The van der Waals surface area contributed by atoms with Crippen LogP contribution in [0.25, 0.3) is 0 Å². The van der Waals surface area contributed by atoms with Crippen molar-refractivity contribution in [2.24, 2.45) is 11.7 Å². The van der Waals surface area contributed by atoms with Gasteiger partial charge < -0.3 is 5.73 Å². The fraction of sp³-hybridized carbons (Fsp3) is 0. The van der Waals surface area contributed by atoms with Crippen molar-refractivity contribution in [3.63, 3.8) is 0 Å². The van der Waals surface area contributed by atoms with E-state index in [1.165, 1.54) is 6.07 Å². The SMILES string of the molecule is NNC(=O)N(N)c1cc(Cl)ccc1N. The number of benzene rings is 1. The van der Waals surface area contributed by atoms with Gasteiger partial charge in [0.25, 0.3) is 0 Å². The van der Waals surface area contributed by atoms with Gasteiger partial charge in [-0.2, -0.15) is 0 Å². The predicted molar refractivity (Wildman–Crippen MR) is 55.2 cm³/mol. The number of hydrazine groups is 2. The first-order chi connectivity index (χ1) is 6.56. The Labute approximate surface area is 85.5 Å². The minimum atomic E-state index is -0.682. The first-order valence-corrected chi connectivity index (χ1v) is 4.04. The second-order valence-corrected chi connectivity index (χ2v) is 2.96. The van der Waals surface area contributed by atoms with Crippen LogP contribution in [0, 0.1) is 0 Å². The number of urea groups is 1. The second kappa shape index (κ2) is 4.14. The summed E-state index contributed by atoms with van der Waals surface area (Å²) in [7, 11) is 0. The Balaban J connectivity index is 3.05. The van der Waals surface area contributed by atoms with Crippen LogP contribution in [0.3, 0.4) is 0 Å². The summed E-state index contributed by atoms with van der Waals surface area (Å²) in [5.74, 6) is 10.3. The van der Waals surface area contributed by atoms with Crippen molar-refractivity contribution in [3.8, 4) is 0 Å². The summed E-state index contributed by atoms with van der Waals surface area (Å²) in [6.07, 6.45) is 0. The topological polar surface area (TPSA) is 110 Å². The van der Waals surface area contributed by atoms with E-state index in [2.05, 4.69) is 0 Å². The lowest BCUT2D eigenvalue weighted by atomic mass is 10.2. The highest BCUT2D eigenvalue weighted by Crippen LogP contribution is 2.24. The molecule has 0 aliphatic carbocycles. The third-order valence-electron chi connectivity index (χ3n) is 1.59.